The average molecular weight is 324 g/mol. The molecule has 0 spiro atoms. The quantitative estimate of drug-likeness (QED) is 0.877. The molecule has 0 atom stereocenters. The summed E-state index contributed by atoms with van der Waals surface area (Å²) in [6, 6.07) is 7.35. The lowest BCUT2D eigenvalue weighted by molar-refractivity contribution is -0.183. The van der Waals surface area contributed by atoms with Crippen LogP contribution in [0.25, 0.3) is 10.9 Å². The molecule has 3 nitrogen and oxygen atoms in total. The van der Waals surface area contributed by atoms with Gasteiger partial charge in [-0.05, 0) is 44.2 Å². The Morgan fingerprint density at radius 3 is 2.43 bits per heavy atom. The van der Waals surface area contributed by atoms with E-state index in [0.29, 0.717) is 18.5 Å². The number of para-hydroxylation sites is 1. The molecule has 0 radical (unpaired) electrons. The molecule has 23 heavy (non-hydrogen) atoms. The summed E-state index contributed by atoms with van der Waals surface area (Å²) in [7, 11) is 0. The molecule has 1 aromatic heterocycles. The molecule has 0 saturated heterocycles. The topological polar surface area (TPSA) is 48.0 Å². The predicted octanol–water partition coefficient (Wildman–Crippen LogP) is 4.34. The highest BCUT2D eigenvalue weighted by Crippen LogP contribution is 2.42. The van der Waals surface area contributed by atoms with Gasteiger partial charge in [0.15, 0.2) is 0 Å². The summed E-state index contributed by atoms with van der Waals surface area (Å²) in [4.78, 5) is 11.8. The van der Waals surface area contributed by atoms with Crippen LogP contribution in [0.5, 0.6) is 0 Å². The van der Waals surface area contributed by atoms with E-state index in [1.165, 1.54) is 0 Å². The second kappa shape index (κ2) is 5.58. The van der Waals surface area contributed by atoms with E-state index < -0.39 is 18.0 Å². The minimum atomic E-state index is -4.13. The van der Waals surface area contributed by atoms with Crippen molar-refractivity contribution in [1.82, 2.24) is 4.57 Å². The first kappa shape index (κ1) is 15.9. The monoisotopic (exact) mass is 324 g/mol. The first-order valence-electron chi connectivity index (χ1n) is 7.76. The van der Waals surface area contributed by atoms with Gasteiger partial charge in [0.05, 0.1) is 11.4 Å². The maximum absolute atomic E-state index is 12.9. The van der Waals surface area contributed by atoms with Crippen LogP contribution in [0.4, 0.5) is 13.2 Å². The number of nitrogens with two attached hydrogens (primary N) is 1. The van der Waals surface area contributed by atoms with Crippen LogP contribution in [0.2, 0.25) is 0 Å². The number of amides is 1. The molecule has 1 aromatic carbocycles. The molecule has 3 rings (SSSR count). The number of carbonyl (C=O) groups excluding carboxylic acids is 1. The molecule has 2 aromatic rings. The Labute approximate surface area is 132 Å². The van der Waals surface area contributed by atoms with Gasteiger partial charge in [0.1, 0.15) is 5.69 Å². The van der Waals surface area contributed by atoms with E-state index in [4.69, 9.17) is 5.73 Å². The van der Waals surface area contributed by atoms with Crippen molar-refractivity contribution in [3.8, 4) is 0 Å². The number of hydrogen-bond donors (Lipinski definition) is 1. The van der Waals surface area contributed by atoms with Crippen LogP contribution in [0, 0.1) is 12.8 Å². The van der Waals surface area contributed by atoms with Crippen LogP contribution in [0.3, 0.4) is 0 Å². The molecule has 1 amide bonds. The van der Waals surface area contributed by atoms with E-state index in [1.54, 1.807) is 6.07 Å². The largest absolute Gasteiger partial charge is 0.391 e. The number of aryl methyl sites for hydroxylation is 1. The van der Waals surface area contributed by atoms with Crippen molar-refractivity contribution in [3.05, 3.63) is 35.5 Å². The van der Waals surface area contributed by atoms with Gasteiger partial charge in [0.2, 0.25) is 0 Å². The van der Waals surface area contributed by atoms with E-state index in [0.717, 1.165) is 16.5 Å². The zero-order valence-electron chi connectivity index (χ0n) is 12.9. The number of fused-ring (bicyclic) bond motifs is 1. The molecule has 1 saturated carbocycles. The molecular weight excluding hydrogens is 305 g/mol. The van der Waals surface area contributed by atoms with Crippen molar-refractivity contribution in [2.45, 2.75) is 44.8 Å². The Bertz CT molecular complexity index is 740. The maximum Gasteiger partial charge on any atom is 0.391 e. The number of carbonyl (C=O) groups is 1. The summed E-state index contributed by atoms with van der Waals surface area (Å²) < 4.78 is 40.4. The number of alkyl halides is 3. The van der Waals surface area contributed by atoms with E-state index >= 15 is 0 Å². The SMILES string of the molecule is Cc1cccc2cc(C(N)=O)n(C3CCC(C(F)(F)F)CC3)c12. The number of hydrogen-bond acceptors (Lipinski definition) is 1. The highest BCUT2D eigenvalue weighted by atomic mass is 19.4. The molecule has 2 N–H and O–H groups in total. The predicted molar refractivity (Wildman–Crippen MR) is 82.2 cm³/mol. The fourth-order valence-electron chi connectivity index (χ4n) is 3.69. The fourth-order valence-corrected chi connectivity index (χ4v) is 3.69. The highest BCUT2D eigenvalue weighted by molar-refractivity contribution is 5.98. The Kier molecular flexibility index (Phi) is 3.86. The second-order valence-electron chi connectivity index (χ2n) is 6.32. The van der Waals surface area contributed by atoms with E-state index in [-0.39, 0.29) is 18.9 Å². The van der Waals surface area contributed by atoms with Crippen molar-refractivity contribution in [2.24, 2.45) is 11.7 Å². The van der Waals surface area contributed by atoms with E-state index in [1.807, 2.05) is 29.7 Å². The normalized spacial score (nSPS) is 22.4. The fraction of sp³-hybridized carbons (Fsp3) is 0.471. The third kappa shape index (κ3) is 2.82. The second-order valence-corrected chi connectivity index (χ2v) is 6.32. The Morgan fingerprint density at radius 2 is 1.87 bits per heavy atom. The Balaban J connectivity index is 2.00. The molecule has 1 fully saturated rings. The zero-order chi connectivity index (χ0) is 16.8. The van der Waals surface area contributed by atoms with Crippen LogP contribution < -0.4 is 5.73 Å². The number of halogens is 3. The van der Waals surface area contributed by atoms with Gasteiger partial charge in [0.25, 0.3) is 5.91 Å². The molecular formula is C17H19F3N2O. The lowest BCUT2D eigenvalue weighted by Gasteiger charge is -2.32. The van der Waals surface area contributed by atoms with Gasteiger partial charge in [-0.2, -0.15) is 13.2 Å². The van der Waals surface area contributed by atoms with Crippen molar-refractivity contribution in [3.63, 3.8) is 0 Å². The smallest absolute Gasteiger partial charge is 0.364 e. The van der Waals surface area contributed by atoms with Crippen LogP contribution in [-0.4, -0.2) is 16.7 Å². The van der Waals surface area contributed by atoms with Crippen molar-refractivity contribution < 1.29 is 18.0 Å². The number of benzene rings is 1. The van der Waals surface area contributed by atoms with Gasteiger partial charge < -0.3 is 10.3 Å². The lowest BCUT2D eigenvalue weighted by Crippen LogP contribution is -2.30. The van der Waals surface area contributed by atoms with Gasteiger partial charge in [-0.1, -0.05) is 18.2 Å². The van der Waals surface area contributed by atoms with Gasteiger partial charge in [-0.3, -0.25) is 4.79 Å². The Morgan fingerprint density at radius 1 is 1.22 bits per heavy atom. The summed E-state index contributed by atoms with van der Waals surface area (Å²) >= 11 is 0. The standard InChI is InChI=1S/C17H19F3N2O/c1-10-3-2-4-11-9-14(16(21)23)22(15(10)11)13-7-5-12(6-8-13)17(18,19)20/h2-4,9,12-13H,5-8H2,1H3,(H2,21,23). The summed E-state index contributed by atoms with van der Waals surface area (Å²) in [5, 5.41) is 0.900. The van der Waals surface area contributed by atoms with Crippen LogP contribution in [0.15, 0.2) is 24.3 Å². The van der Waals surface area contributed by atoms with Crippen LogP contribution in [-0.2, 0) is 0 Å². The molecule has 1 heterocycles. The molecule has 0 aliphatic heterocycles. The van der Waals surface area contributed by atoms with Gasteiger partial charge in [0, 0.05) is 11.4 Å². The average Bonchev–Trinajstić information content (AvgIpc) is 2.87. The summed E-state index contributed by atoms with van der Waals surface area (Å²) in [5.41, 5.74) is 7.76. The van der Waals surface area contributed by atoms with Crippen LogP contribution >= 0.6 is 0 Å². The third-order valence-corrected chi connectivity index (χ3v) is 4.84. The summed E-state index contributed by atoms with van der Waals surface area (Å²) in [6.07, 6.45) is -3.13. The van der Waals surface area contributed by atoms with Gasteiger partial charge in [-0.15, -0.1) is 0 Å². The van der Waals surface area contributed by atoms with Crippen LogP contribution in [0.1, 0.15) is 47.8 Å². The van der Waals surface area contributed by atoms with Gasteiger partial charge in [-0.25, -0.2) is 0 Å². The molecule has 1 aliphatic carbocycles. The minimum Gasteiger partial charge on any atom is -0.364 e. The Hall–Kier alpha value is -1.98. The number of primary amides is 1. The summed E-state index contributed by atoms with van der Waals surface area (Å²) in [6.45, 7) is 1.94. The minimum absolute atomic E-state index is 0.0952. The van der Waals surface area contributed by atoms with Crippen molar-refractivity contribution >= 4 is 16.8 Å². The molecule has 0 unspecified atom stereocenters. The zero-order valence-corrected chi connectivity index (χ0v) is 12.9. The number of rotatable bonds is 2. The number of nitrogens with zero attached hydrogens (tertiary/aromatic N) is 1. The number of aromatic nitrogens is 1. The first-order chi connectivity index (χ1) is 10.8. The van der Waals surface area contributed by atoms with Crippen molar-refractivity contribution in [1.29, 1.82) is 0 Å². The molecule has 0 bridgehead atoms. The highest BCUT2D eigenvalue weighted by Gasteiger charge is 2.42. The lowest BCUT2D eigenvalue weighted by atomic mass is 9.85. The molecule has 6 heteroatoms. The van der Waals surface area contributed by atoms with E-state index in [9.17, 15) is 18.0 Å². The van der Waals surface area contributed by atoms with Crippen molar-refractivity contribution in [2.75, 3.05) is 0 Å². The third-order valence-electron chi connectivity index (χ3n) is 4.84. The summed E-state index contributed by atoms with van der Waals surface area (Å²) in [5.74, 6) is -1.78. The molecule has 1 aliphatic rings. The maximum atomic E-state index is 12.9. The van der Waals surface area contributed by atoms with Gasteiger partial charge >= 0.3 is 6.18 Å². The van der Waals surface area contributed by atoms with E-state index in [2.05, 4.69) is 0 Å². The first-order valence-corrected chi connectivity index (χ1v) is 7.76. The molecule has 124 valence electrons.